The van der Waals surface area contributed by atoms with E-state index >= 15 is 0 Å². The van der Waals surface area contributed by atoms with Crippen LogP contribution in [-0.2, 0) is 11.3 Å². The predicted octanol–water partition coefficient (Wildman–Crippen LogP) is 4.88. The SMILES string of the molecule is CC.CC(=O)C(C)NCc1ccccc1SSc1ncccc1[N+](=O)[O-]. The minimum atomic E-state index is -0.433. The summed E-state index contributed by atoms with van der Waals surface area (Å²) in [6, 6.07) is 10.5. The molecule has 2 aromatic rings. The van der Waals surface area contributed by atoms with Crippen molar-refractivity contribution in [2.45, 2.75) is 50.2 Å². The topological polar surface area (TPSA) is 85.1 Å². The van der Waals surface area contributed by atoms with Crippen molar-refractivity contribution in [3.8, 4) is 0 Å². The molecule has 0 bridgehead atoms. The van der Waals surface area contributed by atoms with E-state index in [0.717, 1.165) is 10.5 Å². The van der Waals surface area contributed by atoms with Crippen molar-refractivity contribution >= 4 is 33.1 Å². The quantitative estimate of drug-likeness (QED) is 0.388. The van der Waals surface area contributed by atoms with Gasteiger partial charge in [-0.25, -0.2) is 4.98 Å². The van der Waals surface area contributed by atoms with Crippen LogP contribution in [0.4, 0.5) is 5.69 Å². The summed E-state index contributed by atoms with van der Waals surface area (Å²) in [7, 11) is 2.67. The fourth-order valence-corrected chi connectivity index (χ4v) is 4.07. The molecule has 0 saturated carbocycles. The van der Waals surface area contributed by atoms with Crippen LogP contribution in [0.2, 0.25) is 0 Å². The third-order valence-electron chi connectivity index (χ3n) is 3.34. The van der Waals surface area contributed by atoms with Crippen LogP contribution in [0.3, 0.4) is 0 Å². The Morgan fingerprint density at radius 2 is 1.92 bits per heavy atom. The minimum absolute atomic E-state index is 0.00388. The number of nitro groups is 1. The predicted molar refractivity (Wildman–Crippen MR) is 107 cm³/mol. The molecule has 0 aliphatic carbocycles. The molecule has 0 fully saturated rings. The highest BCUT2D eigenvalue weighted by atomic mass is 33.1. The number of aromatic nitrogens is 1. The summed E-state index contributed by atoms with van der Waals surface area (Å²) in [4.78, 5) is 27.0. The van der Waals surface area contributed by atoms with E-state index in [1.807, 2.05) is 45.0 Å². The fourth-order valence-electron chi connectivity index (χ4n) is 1.81. The van der Waals surface area contributed by atoms with Crippen LogP contribution in [0.1, 0.15) is 33.3 Å². The molecule has 1 aromatic carbocycles. The van der Waals surface area contributed by atoms with Crippen molar-refractivity contribution < 1.29 is 9.72 Å². The van der Waals surface area contributed by atoms with E-state index in [9.17, 15) is 14.9 Å². The smallest absolute Gasteiger partial charge is 0.302 e. The number of nitrogens with one attached hydrogen (secondary N) is 1. The molecule has 26 heavy (non-hydrogen) atoms. The van der Waals surface area contributed by atoms with E-state index in [2.05, 4.69) is 10.3 Å². The van der Waals surface area contributed by atoms with Crippen molar-refractivity contribution in [1.82, 2.24) is 10.3 Å². The first-order chi connectivity index (χ1) is 12.5. The third kappa shape index (κ3) is 6.78. The molecule has 0 aliphatic rings. The lowest BCUT2D eigenvalue weighted by Gasteiger charge is -2.13. The molecule has 0 spiro atoms. The van der Waals surface area contributed by atoms with Gasteiger partial charge in [-0.2, -0.15) is 0 Å². The van der Waals surface area contributed by atoms with Crippen LogP contribution < -0.4 is 5.32 Å². The molecule has 1 atom stereocenters. The number of hydrogen-bond donors (Lipinski definition) is 1. The molecular weight excluding hydrogens is 370 g/mol. The molecule has 0 aliphatic heterocycles. The number of rotatable bonds is 8. The van der Waals surface area contributed by atoms with Gasteiger partial charge in [-0.05, 0) is 42.3 Å². The van der Waals surface area contributed by atoms with Crippen LogP contribution >= 0.6 is 21.6 Å². The number of ketones is 1. The number of hydrogen-bond acceptors (Lipinski definition) is 7. The molecule has 140 valence electrons. The van der Waals surface area contributed by atoms with E-state index < -0.39 is 4.92 Å². The fraction of sp³-hybridized carbons (Fsp3) is 0.333. The largest absolute Gasteiger partial charge is 0.304 e. The zero-order chi connectivity index (χ0) is 19.5. The second-order valence-corrected chi connectivity index (χ2v) is 7.23. The van der Waals surface area contributed by atoms with Crippen molar-refractivity contribution in [3.05, 3.63) is 58.3 Å². The van der Waals surface area contributed by atoms with Gasteiger partial charge >= 0.3 is 5.69 Å². The maximum Gasteiger partial charge on any atom is 0.302 e. The van der Waals surface area contributed by atoms with Crippen LogP contribution in [-0.4, -0.2) is 21.7 Å². The van der Waals surface area contributed by atoms with Crippen molar-refractivity contribution in [2.24, 2.45) is 0 Å². The molecule has 0 radical (unpaired) electrons. The van der Waals surface area contributed by atoms with Gasteiger partial charge in [-0.3, -0.25) is 14.9 Å². The Hall–Kier alpha value is -1.90. The van der Waals surface area contributed by atoms with E-state index in [4.69, 9.17) is 0 Å². The third-order valence-corrected chi connectivity index (χ3v) is 5.74. The first-order valence-corrected chi connectivity index (χ1v) is 10.4. The van der Waals surface area contributed by atoms with Gasteiger partial charge in [-0.15, -0.1) is 0 Å². The lowest BCUT2D eigenvalue weighted by atomic mass is 10.2. The summed E-state index contributed by atoms with van der Waals surface area (Å²) in [6.07, 6.45) is 1.54. The van der Waals surface area contributed by atoms with E-state index in [1.54, 1.807) is 13.0 Å². The Morgan fingerprint density at radius 3 is 2.58 bits per heavy atom. The second kappa shape index (κ2) is 11.7. The zero-order valence-corrected chi connectivity index (χ0v) is 16.9. The van der Waals surface area contributed by atoms with Gasteiger partial charge in [0.2, 0.25) is 0 Å². The van der Waals surface area contributed by atoms with Gasteiger partial charge in [0.05, 0.1) is 11.0 Å². The first kappa shape index (κ1) is 22.1. The number of carbonyl (C=O) groups is 1. The van der Waals surface area contributed by atoms with Crippen LogP contribution in [0.5, 0.6) is 0 Å². The van der Waals surface area contributed by atoms with Gasteiger partial charge in [0, 0.05) is 23.7 Å². The summed E-state index contributed by atoms with van der Waals surface area (Å²) < 4.78 is 0. The van der Waals surface area contributed by atoms with Crippen molar-refractivity contribution in [1.29, 1.82) is 0 Å². The lowest BCUT2D eigenvalue weighted by Crippen LogP contribution is -2.31. The van der Waals surface area contributed by atoms with Crippen LogP contribution in [0.25, 0.3) is 0 Å². The summed E-state index contributed by atoms with van der Waals surface area (Å²) in [6.45, 7) is 7.92. The van der Waals surface area contributed by atoms with Gasteiger partial charge in [0.1, 0.15) is 5.78 Å². The van der Waals surface area contributed by atoms with Crippen molar-refractivity contribution in [2.75, 3.05) is 0 Å². The molecule has 1 aromatic heterocycles. The van der Waals surface area contributed by atoms with E-state index in [0.29, 0.717) is 11.6 Å². The second-order valence-electron chi connectivity index (χ2n) is 5.07. The summed E-state index contributed by atoms with van der Waals surface area (Å²) in [5, 5.41) is 14.6. The monoisotopic (exact) mass is 393 g/mol. The first-order valence-electron chi connectivity index (χ1n) is 8.24. The minimum Gasteiger partial charge on any atom is -0.304 e. The van der Waals surface area contributed by atoms with Crippen LogP contribution in [0.15, 0.2) is 52.5 Å². The average Bonchev–Trinajstić information content (AvgIpc) is 2.66. The molecule has 0 amide bonds. The number of Topliss-reactive ketones (excluding diaryl/α,β-unsaturated/α-hetero) is 1. The normalized spacial score (nSPS) is 11.2. The molecule has 2 rings (SSSR count). The molecular formula is C18H23N3O3S2. The Balaban J connectivity index is 0.00000163. The Labute approximate surface area is 161 Å². The molecule has 8 heteroatoms. The Morgan fingerprint density at radius 1 is 1.23 bits per heavy atom. The van der Waals surface area contributed by atoms with Gasteiger partial charge in [0.25, 0.3) is 0 Å². The standard InChI is InChI=1S/C16H17N3O3S2.C2H6/c1-11(12(2)20)18-10-13-6-3-4-8-15(13)23-24-16-14(19(21)22)7-5-9-17-16;1-2/h3-9,11,18H,10H2,1-2H3;1-2H3. The van der Waals surface area contributed by atoms with Crippen molar-refractivity contribution in [3.63, 3.8) is 0 Å². The molecule has 1 N–H and O–H groups in total. The number of benzene rings is 1. The van der Waals surface area contributed by atoms with Gasteiger partial charge in [0.15, 0.2) is 5.03 Å². The highest BCUT2D eigenvalue weighted by Gasteiger charge is 2.16. The molecule has 1 heterocycles. The summed E-state index contributed by atoms with van der Waals surface area (Å²) >= 11 is 0. The maximum atomic E-state index is 11.3. The summed E-state index contributed by atoms with van der Waals surface area (Å²) in [5.74, 6) is 0.0821. The number of pyridine rings is 1. The van der Waals surface area contributed by atoms with Gasteiger partial charge < -0.3 is 5.32 Å². The molecule has 6 nitrogen and oxygen atoms in total. The number of carbonyl (C=O) groups excluding carboxylic acids is 1. The highest BCUT2D eigenvalue weighted by molar-refractivity contribution is 8.76. The lowest BCUT2D eigenvalue weighted by molar-refractivity contribution is -0.388. The highest BCUT2D eigenvalue weighted by Crippen LogP contribution is 2.41. The zero-order valence-electron chi connectivity index (χ0n) is 15.3. The molecule has 1 unspecified atom stereocenters. The molecule has 0 saturated heterocycles. The number of nitrogens with zero attached hydrogens (tertiary/aromatic N) is 2. The summed E-state index contributed by atoms with van der Waals surface area (Å²) in [5.41, 5.74) is 1.03. The Kier molecular flexibility index (Phi) is 9.93. The maximum absolute atomic E-state index is 11.3. The van der Waals surface area contributed by atoms with Gasteiger partial charge in [-0.1, -0.05) is 42.8 Å². The van der Waals surface area contributed by atoms with E-state index in [-0.39, 0.29) is 17.5 Å². The van der Waals surface area contributed by atoms with Crippen LogP contribution in [0, 0.1) is 10.1 Å². The average molecular weight is 394 g/mol. The van der Waals surface area contributed by atoms with E-state index in [1.165, 1.54) is 33.9 Å². The Bertz CT molecular complexity index is 741.